The maximum Gasteiger partial charge on any atom is 0.405 e. The van der Waals surface area contributed by atoms with E-state index in [9.17, 15) is 22.8 Å². The summed E-state index contributed by atoms with van der Waals surface area (Å²) < 4.78 is 35.9. The smallest absolute Gasteiger partial charge is 0.329 e. The fourth-order valence-electron chi connectivity index (χ4n) is 2.39. The summed E-state index contributed by atoms with van der Waals surface area (Å²) in [7, 11) is 0. The average molecular weight is 335 g/mol. The van der Waals surface area contributed by atoms with E-state index < -0.39 is 24.7 Å². The molecule has 22 heavy (non-hydrogen) atoms. The van der Waals surface area contributed by atoms with Gasteiger partial charge < -0.3 is 5.32 Å². The predicted octanol–water partition coefficient (Wildman–Crippen LogP) is 2.27. The zero-order chi connectivity index (χ0) is 16.2. The molecule has 1 aromatic rings. The zero-order valence-corrected chi connectivity index (χ0v) is 12.5. The molecule has 5 nitrogen and oxygen atoms in total. The Morgan fingerprint density at radius 3 is 2.82 bits per heavy atom. The third-order valence-electron chi connectivity index (χ3n) is 3.28. The quantitative estimate of drug-likeness (QED) is 0.887. The topological polar surface area (TPSA) is 61.4 Å². The predicted molar refractivity (Wildman–Crippen MR) is 75.5 cm³/mol. The summed E-state index contributed by atoms with van der Waals surface area (Å²) in [5.41, 5.74) is 0. The van der Waals surface area contributed by atoms with Crippen LogP contribution in [0.15, 0.2) is 17.5 Å². The van der Waals surface area contributed by atoms with Crippen molar-refractivity contribution in [2.45, 2.75) is 25.1 Å². The van der Waals surface area contributed by atoms with Gasteiger partial charge in [0, 0.05) is 10.9 Å². The van der Waals surface area contributed by atoms with Crippen LogP contribution in [0.5, 0.6) is 0 Å². The van der Waals surface area contributed by atoms with Crippen molar-refractivity contribution in [3.63, 3.8) is 0 Å². The van der Waals surface area contributed by atoms with Gasteiger partial charge in [-0.3, -0.25) is 15.0 Å². The molecule has 0 bridgehead atoms. The highest BCUT2D eigenvalue weighted by molar-refractivity contribution is 7.10. The van der Waals surface area contributed by atoms with Crippen LogP contribution in [-0.4, -0.2) is 42.6 Å². The van der Waals surface area contributed by atoms with Crippen LogP contribution in [0.25, 0.3) is 0 Å². The van der Waals surface area contributed by atoms with Crippen LogP contribution in [0, 0.1) is 0 Å². The molecule has 1 aliphatic heterocycles. The number of carbonyl (C=O) groups excluding carboxylic acids is 2. The van der Waals surface area contributed by atoms with Gasteiger partial charge in [0.1, 0.15) is 6.54 Å². The van der Waals surface area contributed by atoms with Crippen molar-refractivity contribution in [2.75, 3.05) is 19.6 Å². The number of rotatable bonds is 4. The number of nitrogens with zero attached hydrogens (tertiary/aromatic N) is 1. The summed E-state index contributed by atoms with van der Waals surface area (Å²) in [4.78, 5) is 26.1. The normalized spacial score (nSPS) is 19.1. The summed E-state index contributed by atoms with van der Waals surface area (Å²) in [6.45, 7) is -0.754. The van der Waals surface area contributed by atoms with E-state index in [1.807, 2.05) is 27.7 Å². The number of alkyl halides is 3. The first-order chi connectivity index (χ1) is 10.3. The van der Waals surface area contributed by atoms with E-state index >= 15 is 0 Å². The summed E-state index contributed by atoms with van der Waals surface area (Å²) in [6.07, 6.45) is -2.64. The lowest BCUT2D eigenvalue weighted by molar-refractivity contribution is -0.125. The van der Waals surface area contributed by atoms with Crippen LogP contribution in [0.4, 0.5) is 18.0 Å². The van der Waals surface area contributed by atoms with Crippen LogP contribution in [-0.2, 0) is 4.79 Å². The van der Waals surface area contributed by atoms with Gasteiger partial charge in [-0.1, -0.05) is 6.07 Å². The number of hydrogen-bond donors (Lipinski definition) is 2. The third-order valence-corrected chi connectivity index (χ3v) is 4.26. The second-order valence-electron chi connectivity index (χ2n) is 4.99. The minimum atomic E-state index is -4.50. The number of carbonyl (C=O) groups is 2. The van der Waals surface area contributed by atoms with Gasteiger partial charge in [0.05, 0.1) is 6.54 Å². The van der Waals surface area contributed by atoms with Crippen LogP contribution < -0.4 is 10.6 Å². The van der Waals surface area contributed by atoms with Crippen molar-refractivity contribution in [1.29, 1.82) is 0 Å². The molecule has 122 valence electrons. The molecular weight excluding hydrogens is 319 g/mol. The number of halogens is 3. The number of hydrogen-bond acceptors (Lipinski definition) is 4. The van der Waals surface area contributed by atoms with E-state index in [1.165, 1.54) is 0 Å². The van der Waals surface area contributed by atoms with E-state index in [0.717, 1.165) is 24.3 Å². The van der Waals surface area contributed by atoms with Gasteiger partial charge >= 0.3 is 12.2 Å². The van der Waals surface area contributed by atoms with Gasteiger partial charge in [-0.15, -0.1) is 11.3 Å². The Bertz CT molecular complexity index is 519. The molecule has 2 heterocycles. The van der Waals surface area contributed by atoms with Crippen molar-refractivity contribution in [3.05, 3.63) is 22.4 Å². The monoisotopic (exact) mass is 335 g/mol. The molecule has 0 radical (unpaired) electrons. The largest absolute Gasteiger partial charge is 0.405 e. The average Bonchev–Trinajstić information content (AvgIpc) is 3.05. The molecule has 9 heteroatoms. The van der Waals surface area contributed by atoms with E-state index in [0.29, 0.717) is 0 Å². The Kier molecular flexibility index (Phi) is 5.41. The van der Waals surface area contributed by atoms with E-state index in [4.69, 9.17) is 0 Å². The molecule has 1 aromatic heterocycles. The van der Waals surface area contributed by atoms with Gasteiger partial charge in [0.2, 0.25) is 5.91 Å². The van der Waals surface area contributed by atoms with Crippen molar-refractivity contribution in [1.82, 2.24) is 15.5 Å². The number of amides is 3. The molecule has 2 N–H and O–H groups in total. The number of urea groups is 1. The Hall–Kier alpha value is -1.61. The van der Waals surface area contributed by atoms with Crippen molar-refractivity contribution in [2.24, 2.45) is 0 Å². The minimum Gasteiger partial charge on any atom is -0.329 e. The maximum atomic E-state index is 12.0. The first-order valence-corrected chi connectivity index (χ1v) is 7.65. The van der Waals surface area contributed by atoms with Gasteiger partial charge in [-0.05, 0) is 30.8 Å². The fourth-order valence-corrected chi connectivity index (χ4v) is 3.29. The number of thiophene rings is 1. The first-order valence-electron chi connectivity index (χ1n) is 6.77. The van der Waals surface area contributed by atoms with Gasteiger partial charge in [0.25, 0.3) is 0 Å². The molecule has 0 aliphatic carbocycles. The van der Waals surface area contributed by atoms with Crippen molar-refractivity contribution in [3.8, 4) is 0 Å². The lowest BCUT2D eigenvalue weighted by atomic mass is 10.2. The third kappa shape index (κ3) is 4.99. The Balaban J connectivity index is 1.80. The van der Waals surface area contributed by atoms with Gasteiger partial charge in [-0.25, -0.2) is 4.79 Å². The number of likely N-dealkylation sites (tertiary alicyclic amines) is 1. The van der Waals surface area contributed by atoms with Gasteiger partial charge in [-0.2, -0.15) is 13.2 Å². The van der Waals surface area contributed by atoms with E-state index in [1.54, 1.807) is 16.7 Å². The molecule has 3 amide bonds. The van der Waals surface area contributed by atoms with Crippen LogP contribution in [0.1, 0.15) is 23.8 Å². The Morgan fingerprint density at radius 1 is 1.41 bits per heavy atom. The zero-order valence-electron chi connectivity index (χ0n) is 11.7. The lowest BCUT2D eigenvalue weighted by Gasteiger charge is -2.22. The summed E-state index contributed by atoms with van der Waals surface area (Å²) in [6, 6.07) is 2.92. The minimum absolute atomic E-state index is 0.0119. The summed E-state index contributed by atoms with van der Waals surface area (Å²) in [5, 5.41) is 5.48. The Morgan fingerprint density at radius 2 is 2.18 bits per heavy atom. The standard InChI is InChI=1S/C13H16F3N3O2S/c14-13(15,16)8-17-12(21)18-11(20)7-19-5-1-3-9(19)10-4-2-6-22-10/h2,4,6,9H,1,3,5,7-8H2,(H2,17,18,20,21)/t9-/m1/s1. The Labute approximate surface area is 129 Å². The number of imide groups is 1. The van der Waals surface area contributed by atoms with E-state index in [2.05, 4.69) is 0 Å². The molecule has 0 saturated carbocycles. The van der Waals surface area contributed by atoms with Crippen LogP contribution >= 0.6 is 11.3 Å². The van der Waals surface area contributed by atoms with Gasteiger partial charge in [0.15, 0.2) is 0 Å². The molecule has 0 aromatic carbocycles. The molecule has 1 aliphatic rings. The second kappa shape index (κ2) is 7.10. The molecule has 0 spiro atoms. The lowest BCUT2D eigenvalue weighted by Crippen LogP contribution is -2.46. The summed E-state index contributed by atoms with van der Waals surface area (Å²) >= 11 is 1.60. The first kappa shape index (κ1) is 16.8. The molecule has 1 saturated heterocycles. The van der Waals surface area contributed by atoms with Crippen LogP contribution in [0.2, 0.25) is 0 Å². The van der Waals surface area contributed by atoms with Crippen molar-refractivity contribution < 1.29 is 22.8 Å². The molecular formula is C13H16F3N3O2S. The highest BCUT2D eigenvalue weighted by Gasteiger charge is 2.30. The maximum absolute atomic E-state index is 12.0. The molecule has 0 unspecified atom stereocenters. The fraction of sp³-hybridized carbons (Fsp3) is 0.538. The van der Waals surface area contributed by atoms with Crippen molar-refractivity contribution >= 4 is 23.3 Å². The number of nitrogens with one attached hydrogen (secondary N) is 2. The summed E-state index contributed by atoms with van der Waals surface area (Å²) in [5.74, 6) is -0.608. The van der Waals surface area contributed by atoms with E-state index in [-0.39, 0.29) is 12.6 Å². The molecule has 2 rings (SSSR count). The SMILES string of the molecule is O=C(CN1CCC[C@@H]1c1cccs1)NC(=O)NCC(F)(F)F. The molecule has 1 atom stereocenters. The highest BCUT2D eigenvalue weighted by atomic mass is 32.1. The molecule has 1 fully saturated rings. The highest BCUT2D eigenvalue weighted by Crippen LogP contribution is 2.33. The second-order valence-corrected chi connectivity index (χ2v) is 5.97. The van der Waals surface area contributed by atoms with Crippen LogP contribution in [0.3, 0.4) is 0 Å².